The summed E-state index contributed by atoms with van der Waals surface area (Å²) in [5, 5.41) is 0. The Kier molecular flexibility index (Phi) is 5.46. The van der Waals surface area contributed by atoms with E-state index in [9.17, 15) is 0 Å². The van der Waals surface area contributed by atoms with Crippen LogP contribution in [-0.4, -0.2) is 19.0 Å². The van der Waals surface area contributed by atoms with E-state index in [-0.39, 0.29) is 0 Å². The topological polar surface area (TPSA) is 45.8 Å². The van der Waals surface area contributed by atoms with Crippen LogP contribution in [0.5, 0.6) is 0 Å². The van der Waals surface area contributed by atoms with Crippen molar-refractivity contribution < 1.29 is 9.47 Å². The molecule has 0 aromatic heterocycles. The Morgan fingerprint density at radius 2 is 1.32 bits per heavy atom. The Morgan fingerprint density at radius 1 is 0.760 bits per heavy atom. The van der Waals surface area contributed by atoms with E-state index in [1.54, 1.807) is 0 Å². The van der Waals surface area contributed by atoms with Gasteiger partial charge in [-0.2, -0.15) is 0 Å². The monoisotopic (exact) mass is 337 g/mol. The zero-order valence-electron chi connectivity index (χ0n) is 14.5. The van der Waals surface area contributed by atoms with E-state index in [1.807, 2.05) is 85.7 Å². The fraction of sp³-hybridized carbons (Fsp3) is 0.200. The fourth-order valence-corrected chi connectivity index (χ4v) is 2.33. The number of hydrogen-bond donors (Lipinski definition) is 2. The van der Waals surface area contributed by atoms with Crippen LogP contribution in [0.4, 0.5) is 0 Å². The van der Waals surface area contributed by atoms with Crippen LogP contribution in [-0.2, 0) is 22.7 Å². The zero-order chi connectivity index (χ0) is 17.5. The van der Waals surface area contributed by atoms with Crippen molar-refractivity contribution >= 4 is 0 Å². The van der Waals surface area contributed by atoms with Crippen LogP contribution in [0, 0.1) is 0 Å². The number of rotatable bonds is 7. The first-order chi connectivity index (χ1) is 12.2. The first-order valence-electron chi connectivity index (χ1n) is 8.21. The van der Waals surface area contributed by atoms with Gasteiger partial charge in [-0.1, -0.05) is 60.7 Å². The third kappa shape index (κ3) is 4.70. The van der Waals surface area contributed by atoms with Crippen molar-refractivity contribution in [2.45, 2.75) is 13.2 Å². The summed E-state index contributed by atoms with van der Waals surface area (Å²) in [4.78, 5) is 1.97. The van der Waals surface area contributed by atoms with Gasteiger partial charge < -0.3 is 14.4 Å². The number of hydrogen-bond acceptors (Lipinski definition) is 5. The molecule has 5 nitrogen and oxygen atoms in total. The molecule has 0 bridgehead atoms. The first kappa shape index (κ1) is 16.8. The van der Waals surface area contributed by atoms with E-state index >= 15 is 0 Å². The van der Waals surface area contributed by atoms with E-state index < -0.39 is 0 Å². The van der Waals surface area contributed by atoms with Gasteiger partial charge in [0.15, 0.2) is 5.76 Å². The maximum absolute atomic E-state index is 6.00. The average Bonchev–Trinajstić information content (AvgIpc) is 2.66. The second-order valence-electron chi connectivity index (χ2n) is 5.92. The molecule has 1 aliphatic heterocycles. The van der Waals surface area contributed by atoms with Gasteiger partial charge in [0.25, 0.3) is 0 Å². The van der Waals surface area contributed by atoms with Gasteiger partial charge in [0.2, 0.25) is 5.88 Å². The Morgan fingerprint density at radius 3 is 1.88 bits per heavy atom. The molecule has 2 aromatic rings. The summed E-state index contributed by atoms with van der Waals surface area (Å²) in [6.45, 7) is 0.946. The van der Waals surface area contributed by atoms with Crippen molar-refractivity contribution in [3.8, 4) is 0 Å². The van der Waals surface area contributed by atoms with Gasteiger partial charge in [-0.15, -0.1) is 0 Å². The Labute approximate surface area is 148 Å². The lowest BCUT2D eigenvalue weighted by Gasteiger charge is -2.27. The van der Waals surface area contributed by atoms with Crippen molar-refractivity contribution in [1.82, 2.24) is 15.8 Å². The molecule has 0 aliphatic carbocycles. The largest absolute Gasteiger partial charge is 0.483 e. The molecule has 1 aliphatic rings. The van der Waals surface area contributed by atoms with Crippen LogP contribution < -0.4 is 10.9 Å². The molecular formula is C20H23N3O2. The van der Waals surface area contributed by atoms with E-state index in [4.69, 9.17) is 9.47 Å². The van der Waals surface area contributed by atoms with Crippen molar-refractivity contribution in [3.63, 3.8) is 0 Å². The Hall–Kier alpha value is -3.08. The molecule has 0 saturated carbocycles. The molecular weight excluding hydrogens is 314 g/mol. The van der Waals surface area contributed by atoms with Crippen LogP contribution in [0.15, 0.2) is 84.2 Å². The summed E-state index contributed by atoms with van der Waals surface area (Å²) < 4.78 is 11.9. The average molecular weight is 337 g/mol. The second-order valence-corrected chi connectivity index (χ2v) is 5.92. The lowest BCUT2D eigenvalue weighted by Crippen LogP contribution is -2.40. The molecule has 5 heteroatoms. The molecule has 0 radical (unpaired) electrons. The number of ether oxygens (including phenoxy) is 2. The van der Waals surface area contributed by atoms with E-state index in [0.29, 0.717) is 24.9 Å². The lowest BCUT2D eigenvalue weighted by molar-refractivity contribution is 0.119. The summed E-state index contributed by atoms with van der Waals surface area (Å²) >= 11 is 0. The van der Waals surface area contributed by atoms with Crippen LogP contribution in [0.2, 0.25) is 0 Å². The maximum atomic E-state index is 6.00. The van der Waals surface area contributed by atoms with E-state index in [2.05, 4.69) is 10.9 Å². The SMILES string of the molecule is CN(C)C1=CC(OCc2ccccc2)=C(OCc2ccccc2)NN1. The van der Waals surface area contributed by atoms with Gasteiger partial charge in [0, 0.05) is 20.2 Å². The Bertz CT molecular complexity index is 740. The van der Waals surface area contributed by atoms with Crippen molar-refractivity contribution in [1.29, 1.82) is 0 Å². The van der Waals surface area contributed by atoms with Gasteiger partial charge in [-0.3, -0.25) is 10.9 Å². The third-order valence-electron chi connectivity index (χ3n) is 3.74. The standard InChI is InChI=1S/C20H23N3O2/c1-23(2)19-13-18(24-14-16-9-5-3-6-10-16)20(22-21-19)25-15-17-11-7-4-8-12-17/h3-13,21-22H,14-15H2,1-2H3. The van der Waals surface area contributed by atoms with Gasteiger partial charge >= 0.3 is 0 Å². The molecule has 2 N–H and O–H groups in total. The van der Waals surface area contributed by atoms with E-state index in [0.717, 1.165) is 16.9 Å². The van der Waals surface area contributed by atoms with Crippen LogP contribution in [0.1, 0.15) is 11.1 Å². The molecule has 0 amide bonds. The van der Waals surface area contributed by atoms with Gasteiger partial charge in [0.1, 0.15) is 19.0 Å². The molecule has 0 unspecified atom stereocenters. The minimum Gasteiger partial charge on any atom is -0.483 e. The second kappa shape index (κ2) is 8.15. The quantitative estimate of drug-likeness (QED) is 0.813. The number of allylic oxidation sites excluding steroid dienone is 1. The normalized spacial score (nSPS) is 13.4. The minimum absolute atomic E-state index is 0.466. The lowest BCUT2D eigenvalue weighted by atomic mass is 10.2. The summed E-state index contributed by atoms with van der Waals surface area (Å²) in [7, 11) is 3.93. The zero-order valence-corrected chi connectivity index (χ0v) is 14.5. The summed E-state index contributed by atoms with van der Waals surface area (Å²) in [6, 6.07) is 20.1. The number of nitrogens with zero attached hydrogens (tertiary/aromatic N) is 1. The molecule has 1 heterocycles. The first-order valence-corrected chi connectivity index (χ1v) is 8.21. The van der Waals surface area contributed by atoms with Gasteiger partial charge in [0.05, 0.1) is 0 Å². The maximum Gasteiger partial charge on any atom is 0.249 e. The number of nitrogens with one attached hydrogen (secondary N) is 2. The minimum atomic E-state index is 0.466. The van der Waals surface area contributed by atoms with Crippen LogP contribution in [0.3, 0.4) is 0 Å². The summed E-state index contributed by atoms with van der Waals surface area (Å²) in [5.41, 5.74) is 8.39. The molecule has 0 spiro atoms. The van der Waals surface area contributed by atoms with Crippen LogP contribution >= 0.6 is 0 Å². The highest BCUT2D eigenvalue weighted by molar-refractivity contribution is 5.24. The smallest absolute Gasteiger partial charge is 0.249 e. The molecule has 3 rings (SSSR count). The molecule has 130 valence electrons. The molecule has 2 aromatic carbocycles. The van der Waals surface area contributed by atoms with Crippen molar-refractivity contribution in [2.75, 3.05) is 14.1 Å². The number of benzene rings is 2. The van der Waals surface area contributed by atoms with Crippen molar-refractivity contribution in [3.05, 3.63) is 95.3 Å². The highest BCUT2D eigenvalue weighted by Crippen LogP contribution is 2.17. The van der Waals surface area contributed by atoms with Crippen molar-refractivity contribution in [2.24, 2.45) is 0 Å². The highest BCUT2D eigenvalue weighted by atomic mass is 16.5. The molecule has 0 atom stereocenters. The fourth-order valence-electron chi connectivity index (χ4n) is 2.33. The predicted octanol–water partition coefficient (Wildman–Crippen LogP) is 3.10. The van der Waals surface area contributed by atoms with Gasteiger partial charge in [-0.05, 0) is 11.1 Å². The molecule has 0 saturated heterocycles. The summed E-state index contributed by atoms with van der Waals surface area (Å²) in [5.74, 6) is 2.14. The Balaban J connectivity index is 1.73. The molecule has 0 fully saturated rings. The van der Waals surface area contributed by atoms with Gasteiger partial charge in [-0.25, -0.2) is 0 Å². The number of hydrazine groups is 1. The third-order valence-corrected chi connectivity index (χ3v) is 3.74. The van der Waals surface area contributed by atoms with E-state index in [1.165, 1.54) is 0 Å². The predicted molar refractivity (Wildman–Crippen MR) is 97.5 cm³/mol. The summed E-state index contributed by atoms with van der Waals surface area (Å²) in [6.07, 6.45) is 1.93. The highest BCUT2D eigenvalue weighted by Gasteiger charge is 2.17. The molecule has 25 heavy (non-hydrogen) atoms. The van der Waals surface area contributed by atoms with Crippen LogP contribution in [0.25, 0.3) is 0 Å².